The van der Waals surface area contributed by atoms with Gasteiger partial charge in [-0.1, -0.05) is 66.0 Å². The van der Waals surface area contributed by atoms with E-state index in [0.717, 1.165) is 12.8 Å². The molecule has 0 amide bonds. The van der Waals surface area contributed by atoms with Crippen molar-refractivity contribution in [3.05, 3.63) is 45.8 Å². The Kier molecular flexibility index (Phi) is 18.8. The average molecular weight is 508 g/mol. The zero-order chi connectivity index (χ0) is 20.5. The van der Waals surface area contributed by atoms with Gasteiger partial charge in [0, 0.05) is 16.1 Å². The van der Waals surface area contributed by atoms with Crippen molar-refractivity contribution in [3.63, 3.8) is 0 Å². The van der Waals surface area contributed by atoms with Gasteiger partial charge >= 0.3 is 38.5 Å². The molecule has 2 aliphatic carbocycles. The first-order chi connectivity index (χ1) is 11.8. The van der Waals surface area contributed by atoms with E-state index < -0.39 is 16.1 Å². The van der Waals surface area contributed by atoms with Crippen molar-refractivity contribution >= 4 is 22.3 Å². The molecule has 0 spiro atoms. The molecule has 0 unspecified atom stereocenters. The molecule has 0 radical (unpaired) electrons. The summed E-state index contributed by atoms with van der Waals surface area (Å²) < 4.78 is 0. The standard InChI is InChI=1S/2C10H17Si.C2H6Si.2ClH.Ti/c2*1-5-9-6-7-10(8-9)11(2,3)4;1-3-2;;;/h2*8H,5-6H2,1-4H3;1-2H3;2*1H;/q2*-1;;;;+2/p-2. The van der Waals surface area contributed by atoms with E-state index in [0.29, 0.717) is 0 Å². The maximum absolute atomic E-state index is 3.48. The van der Waals surface area contributed by atoms with Crippen LogP contribution in [0.1, 0.15) is 39.5 Å². The molecule has 6 heteroatoms. The number of halogens is 2. The molecule has 0 saturated heterocycles. The molecule has 0 aromatic heterocycles. The van der Waals surface area contributed by atoms with E-state index in [4.69, 9.17) is 0 Å². The van der Waals surface area contributed by atoms with Gasteiger partial charge in [0.1, 0.15) is 0 Å². The van der Waals surface area contributed by atoms with Crippen LogP contribution in [0.5, 0.6) is 0 Å². The van der Waals surface area contributed by atoms with Crippen LogP contribution < -0.4 is 24.8 Å². The van der Waals surface area contributed by atoms with Gasteiger partial charge in [0.05, 0.1) is 0 Å². The Morgan fingerprint density at radius 2 is 1.04 bits per heavy atom. The summed E-state index contributed by atoms with van der Waals surface area (Å²) in [5, 5.41) is 3.05. The van der Waals surface area contributed by atoms with Gasteiger partial charge in [0.15, 0.2) is 0 Å². The summed E-state index contributed by atoms with van der Waals surface area (Å²) in [6.07, 6.45) is 16.4. The molecular formula is C22H40Cl2Si3Ti-2. The van der Waals surface area contributed by atoms with Gasteiger partial charge in [-0.3, -0.25) is 12.2 Å². The molecule has 0 heterocycles. The largest absolute Gasteiger partial charge is 1.00 e. The summed E-state index contributed by atoms with van der Waals surface area (Å²) >= 11 is 2.27. The average Bonchev–Trinajstić information content (AvgIpc) is 3.15. The fourth-order valence-corrected chi connectivity index (χ4v) is 4.96. The van der Waals surface area contributed by atoms with Crippen LogP contribution in [0.2, 0.25) is 52.4 Å². The van der Waals surface area contributed by atoms with Gasteiger partial charge < -0.3 is 24.8 Å². The topological polar surface area (TPSA) is 0 Å². The molecule has 0 N–H and O–H groups in total. The van der Waals surface area contributed by atoms with Gasteiger partial charge in [0.25, 0.3) is 0 Å². The zero-order valence-corrected chi connectivity index (χ0v) is 25.8. The second-order valence-corrected chi connectivity index (χ2v) is 26.1. The first-order valence-electron chi connectivity index (χ1n) is 9.94. The molecule has 28 heavy (non-hydrogen) atoms. The van der Waals surface area contributed by atoms with Crippen LogP contribution in [0.4, 0.5) is 0 Å². The van der Waals surface area contributed by atoms with Crippen LogP contribution >= 0.6 is 0 Å². The summed E-state index contributed by atoms with van der Waals surface area (Å²) in [4.78, 5) is 0. The number of hydrogen-bond acceptors (Lipinski definition) is 0. The molecule has 0 aromatic carbocycles. The third-order valence-corrected chi connectivity index (χ3v) is 8.11. The van der Waals surface area contributed by atoms with Crippen molar-refractivity contribution in [2.75, 3.05) is 0 Å². The van der Waals surface area contributed by atoms with Crippen LogP contribution in [0, 0.1) is 12.2 Å². The van der Waals surface area contributed by atoms with E-state index in [1.807, 2.05) is 0 Å². The van der Waals surface area contributed by atoms with E-state index in [1.54, 1.807) is 11.1 Å². The quantitative estimate of drug-likeness (QED) is 0.400. The number of allylic oxidation sites excluding steroid dienone is 8. The fourth-order valence-electron chi connectivity index (χ4n) is 2.45. The van der Waals surface area contributed by atoms with Gasteiger partial charge in [0.2, 0.25) is 0 Å². The van der Waals surface area contributed by atoms with Gasteiger partial charge in [-0.15, -0.1) is 12.8 Å². The Morgan fingerprint density at radius 3 is 1.14 bits per heavy atom. The Balaban J connectivity index is -0.000000355. The monoisotopic (exact) mass is 506 g/mol. The van der Waals surface area contributed by atoms with Crippen LogP contribution in [0.15, 0.2) is 33.7 Å². The smallest absolute Gasteiger partial charge is 1.00 e. The maximum atomic E-state index is 3.48. The van der Waals surface area contributed by atoms with Gasteiger partial charge in [-0.25, -0.2) is 22.5 Å². The van der Waals surface area contributed by atoms with Crippen LogP contribution in [-0.4, -0.2) is 22.3 Å². The molecule has 2 rings (SSSR count). The van der Waals surface area contributed by atoms with Crippen molar-refractivity contribution in [3.8, 4) is 0 Å². The molecule has 0 nitrogen and oxygen atoms in total. The molecular weight excluding hydrogens is 467 g/mol. The first kappa shape index (κ1) is 33.5. The van der Waals surface area contributed by atoms with Crippen molar-refractivity contribution in [1.29, 1.82) is 0 Å². The first-order valence-corrected chi connectivity index (χ1v) is 21.8. The SMILES string of the molecule is CCC1=CC([Si](C)(C)C)=[C-]C1.CCC1=CC([Si](C)(C)C)=[C-]C1.C[Si](C)=[Ti+2].[Cl-].[Cl-]. The fraction of sp³-hybridized carbons (Fsp3) is 0.636. The summed E-state index contributed by atoms with van der Waals surface area (Å²) in [5.41, 5.74) is 3.12. The van der Waals surface area contributed by atoms with Crippen molar-refractivity contribution < 1.29 is 44.0 Å². The normalized spacial score (nSPS) is 15.3. The van der Waals surface area contributed by atoms with Crippen LogP contribution in [-0.2, 0) is 19.2 Å². The Labute approximate surface area is 202 Å². The van der Waals surface area contributed by atoms with Crippen LogP contribution in [0.25, 0.3) is 0 Å². The second-order valence-electron chi connectivity index (χ2n) is 9.35. The Bertz CT molecular complexity index is 552. The third-order valence-electron chi connectivity index (χ3n) is 4.23. The van der Waals surface area contributed by atoms with E-state index in [-0.39, 0.29) is 31.0 Å². The van der Waals surface area contributed by atoms with Gasteiger partial charge in [-0.05, 0) is 0 Å². The van der Waals surface area contributed by atoms with Crippen LogP contribution in [0.3, 0.4) is 0 Å². The van der Waals surface area contributed by atoms with E-state index in [1.165, 1.54) is 23.2 Å². The Hall–Kier alpha value is 0.905. The third kappa shape index (κ3) is 14.8. The van der Waals surface area contributed by atoms with E-state index in [9.17, 15) is 0 Å². The molecule has 0 aromatic rings. The molecule has 0 fully saturated rings. The van der Waals surface area contributed by atoms with E-state index in [2.05, 4.69) is 110 Å². The Morgan fingerprint density at radius 1 is 0.786 bits per heavy atom. The summed E-state index contributed by atoms with van der Waals surface area (Å²) in [5.74, 6) is 0. The molecule has 0 saturated carbocycles. The number of hydrogen-bond donors (Lipinski definition) is 0. The molecule has 2 aliphatic rings. The second kappa shape index (κ2) is 15.7. The number of rotatable bonds is 4. The zero-order valence-electron chi connectivity index (χ0n) is 19.7. The predicted molar refractivity (Wildman–Crippen MR) is 124 cm³/mol. The summed E-state index contributed by atoms with van der Waals surface area (Å²) in [7, 11) is -2.11. The minimum Gasteiger partial charge on any atom is -1.00 e. The minimum absolute atomic E-state index is 0. The molecule has 0 aliphatic heterocycles. The predicted octanol–water partition coefficient (Wildman–Crippen LogP) is 1.46. The molecule has 0 bridgehead atoms. The van der Waals surface area contributed by atoms with Crippen molar-refractivity contribution in [2.45, 2.75) is 91.9 Å². The summed E-state index contributed by atoms with van der Waals surface area (Å²) in [6.45, 7) is 23.3. The van der Waals surface area contributed by atoms with Crippen molar-refractivity contribution in [1.82, 2.24) is 0 Å². The maximum Gasteiger partial charge on any atom is -1.00 e. The molecule has 160 valence electrons. The summed E-state index contributed by atoms with van der Waals surface area (Å²) in [6, 6.07) is 0. The van der Waals surface area contributed by atoms with Crippen molar-refractivity contribution in [2.24, 2.45) is 0 Å². The molecule has 0 atom stereocenters. The van der Waals surface area contributed by atoms with E-state index >= 15 is 0 Å². The minimum atomic E-state index is -1.05. The van der Waals surface area contributed by atoms with Gasteiger partial charge in [-0.2, -0.15) is 11.1 Å².